The van der Waals surface area contributed by atoms with Crippen LogP contribution in [0.2, 0.25) is 0 Å². The van der Waals surface area contributed by atoms with Crippen molar-refractivity contribution >= 4 is 28.1 Å². The first-order valence-corrected chi connectivity index (χ1v) is 8.55. The lowest BCUT2D eigenvalue weighted by Gasteiger charge is -2.15. The van der Waals surface area contributed by atoms with Gasteiger partial charge in [0.1, 0.15) is 5.01 Å². The zero-order valence-electron chi connectivity index (χ0n) is 13.5. The molecule has 1 N–H and O–H groups in total. The van der Waals surface area contributed by atoms with Crippen LogP contribution in [0, 0.1) is 13.8 Å². The van der Waals surface area contributed by atoms with Crippen LogP contribution in [-0.2, 0) is 0 Å². The molecule has 3 rings (SSSR count). The number of nitrogens with one attached hydrogen (secondary N) is 1. The number of carbonyl (C=O) groups excluding carboxylic acids is 1. The van der Waals surface area contributed by atoms with Gasteiger partial charge in [-0.15, -0.1) is 11.3 Å². The Kier molecular flexibility index (Phi) is 4.39. The molecule has 0 spiro atoms. The number of para-hydroxylation sites is 1. The number of amides is 1. The fourth-order valence-electron chi connectivity index (χ4n) is 2.60. The Labute approximate surface area is 139 Å². The number of aryl methyl sites for hydroxylation is 2. The third-order valence-corrected chi connectivity index (χ3v) is 4.81. The van der Waals surface area contributed by atoms with Gasteiger partial charge in [-0.1, -0.05) is 25.1 Å². The zero-order chi connectivity index (χ0) is 16.4. The maximum atomic E-state index is 12.8. The van der Waals surface area contributed by atoms with Gasteiger partial charge in [0.05, 0.1) is 17.1 Å². The molecule has 0 aliphatic heterocycles. The Balaban J connectivity index is 1.94. The second-order valence-corrected chi connectivity index (χ2v) is 6.48. The number of carbonyl (C=O) groups is 1. The molecule has 2 heterocycles. The lowest BCUT2D eigenvalue weighted by Crippen LogP contribution is -2.28. The van der Waals surface area contributed by atoms with Gasteiger partial charge in [-0.2, -0.15) is 0 Å². The minimum atomic E-state index is -0.0774. The fourth-order valence-corrected chi connectivity index (χ4v) is 3.53. The Morgan fingerprint density at radius 1 is 1.22 bits per heavy atom. The summed E-state index contributed by atoms with van der Waals surface area (Å²) in [5.41, 5.74) is 3.34. The van der Waals surface area contributed by atoms with Crippen molar-refractivity contribution in [2.24, 2.45) is 0 Å². The molecular formula is C18H19N3OS. The van der Waals surface area contributed by atoms with Gasteiger partial charge < -0.3 is 5.32 Å². The summed E-state index contributed by atoms with van der Waals surface area (Å²) in [7, 11) is 0. The van der Waals surface area contributed by atoms with Crippen molar-refractivity contribution < 1.29 is 4.79 Å². The average molecular weight is 325 g/mol. The highest BCUT2D eigenvalue weighted by Crippen LogP contribution is 2.23. The van der Waals surface area contributed by atoms with Crippen LogP contribution in [0.1, 0.15) is 46.1 Å². The number of nitrogens with zero attached hydrogens (tertiary/aromatic N) is 2. The first-order valence-electron chi connectivity index (χ1n) is 7.67. The molecule has 0 radical (unpaired) electrons. The first-order chi connectivity index (χ1) is 11.1. The van der Waals surface area contributed by atoms with Gasteiger partial charge in [0.15, 0.2) is 0 Å². The van der Waals surface area contributed by atoms with Crippen LogP contribution in [0.4, 0.5) is 0 Å². The molecule has 0 saturated carbocycles. The van der Waals surface area contributed by atoms with E-state index < -0.39 is 0 Å². The SMILES string of the molecule is CCC(NC(=O)c1cc(C)nc2ccccc12)c1nc(C)cs1. The van der Waals surface area contributed by atoms with Crippen LogP contribution in [0.5, 0.6) is 0 Å². The molecule has 1 unspecified atom stereocenters. The molecule has 2 aromatic heterocycles. The molecule has 1 atom stereocenters. The van der Waals surface area contributed by atoms with Crippen LogP contribution in [0.3, 0.4) is 0 Å². The van der Waals surface area contributed by atoms with Crippen LogP contribution >= 0.6 is 11.3 Å². The lowest BCUT2D eigenvalue weighted by atomic mass is 10.1. The van der Waals surface area contributed by atoms with Gasteiger partial charge in [-0.25, -0.2) is 4.98 Å². The van der Waals surface area contributed by atoms with Crippen molar-refractivity contribution in [3.05, 3.63) is 57.7 Å². The lowest BCUT2D eigenvalue weighted by molar-refractivity contribution is 0.0937. The molecule has 0 fully saturated rings. The summed E-state index contributed by atoms with van der Waals surface area (Å²) >= 11 is 1.59. The molecule has 118 valence electrons. The van der Waals surface area contributed by atoms with Crippen LogP contribution in [-0.4, -0.2) is 15.9 Å². The van der Waals surface area contributed by atoms with E-state index in [1.54, 1.807) is 11.3 Å². The second kappa shape index (κ2) is 6.46. The van der Waals surface area contributed by atoms with E-state index in [4.69, 9.17) is 0 Å². The molecule has 1 aromatic carbocycles. The number of hydrogen-bond acceptors (Lipinski definition) is 4. The van der Waals surface area contributed by atoms with Gasteiger partial charge in [0.25, 0.3) is 5.91 Å². The van der Waals surface area contributed by atoms with E-state index in [0.717, 1.165) is 33.7 Å². The maximum absolute atomic E-state index is 12.8. The van der Waals surface area contributed by atoms with E-state index in [1.807, 2.05) is 49.6 Å². The Hall–Kier alpha value is -2.27. The summed E-state index contributed by atoms with van der Waals surface area (Å²) < 4.78 is 0. The highest BCUT2D eigenvalue weighted by molar-refractivity contribution is 7.09. The quantitative estimate of drug-likeness (QED) is 0.782. The number of thiazole rings is 1. The van der Waals surface area contributed by atoms with Gasteiger partial charge in [0.2, 0.25) is 0 Å². The molecule has 0 saturated heterocycles. The molecule has 0 aliphatic carbocycles. The first kappa shape index (κ1) is 15.6. The third-order valence-electron chi connectivity index (χ3n) is 3.74. The minimum absolute atomic E-state index is 0.0616. The second-order valence-electron chi connectivity index (χ2n) is 5.59. The predicted molar refractivity (Wildman–Crippen MR) is 93.8 cm³/mol. The Morgan fingerprint density at radius 3 is 2.70 bits per heavy atom. The van der Waals surface area contributed by atoms with Crippen molar-refractivity contribution in [3.8, 4) is 0 Å². The molecule has 0 bridgehead atoms. The minimum Gasteiger partial charge on any atom is -0.343 e. The Morgan fingerprint density at radius 2 is 2.00 bits per heavy atom. The summed E-state index contributed by atoms with van der Waals surface area (Å²) in [6.45, 7) is 5.93. The number of benzene rings is 1. The van der Waals surface area contributed by atoms with Gasteiger partial charge in [-0.3, -0.25) is 9.78 Å². The highest BCUT2D eigenvalue weighted by Gasteiger charge is 2.19. The van der Waals surface area contributed by atoms with Crippen molar-refractivity contribution in [2.75, 3.05) is 0 Å². The molecule has 3 aromatic rings. The van der Waals surface area contributed by atoms with Gasteiger partial charge in [0, 0.05) is 22.2 Å². The molecule has 5 heteroatoms. The molecule has 0 aliphatic rings. The maximum Gasteiger partial charge on any atom is 0.252 e. The number of hydrogen-bond donors (Lipinski definition) is 1. The summed E-state index contributed by atoms with van der Waals surface area (Å²) in [5, 5.41) is 6.95. The van der Waals surface area contributed by atoms with Gasteiger partial charge in [-0.05, 0) is 32.4 Å². The van der Waals surface area contributed by atoms with E-state index in [9.17, 15) is 4.79 Å². The topological polar surface area (TPSA) is 54.9 Å². The number of aromatic nitrogens is 2. The standard InChI is InChI=1S/C18H19N3OS/c1-4-15(18-20-12(3)10-23-18)21-17(22)14-9-11(2)19-16-8-6-5-7-13(14)16/h5-10,15H,4H2,1-3H3,(H,21,22). The molecule has 1 amide bonds. The molecule has 23 heavy (non-hydrogen) atoms. The third kappa shape index (κ3) is 3.24. The van der Waals surface area contributed by atoms with E-state index in [0.29, 0.717) is 5.56 Å². The molecule has 4 nitrogen and oxygen atoms in total. The van der Waals surface area contributed by atoms with Crippen molar-refractivity contribution in [2.45, 2.75) is 33.2 Å². The van der Waals surface area contributed by atoms with E-state index >= 15 is 0 Å². The Bertz CT molecular complexity index is 856. The highest BCUT2D eigenvalue weighted by atomic mass is 32.1. The number of rotatable bonds is 4. The van der Waals surface area contributed by atoms with Crippen LogP contribution in [0.25, 0.3) is 10.9 Å². The summed E-state index contributed by atoms with van der Waals surface area (Å²) in [5.74, 6) is -0.0774. The van der Waals surface area contributed by atoms with E-state index in [1.165, 1.54) is 0 Å². The average Bonchev–Trinajstić information content (AvgIpc) is 2.97. The number of pyridine rings is 1. The summed E-state index contributed by atoms with van der Waals surface area (Å²) in [6, 6.07) is 9.51. The van der Waals surface area contributed by atoms with Gasteiger partial charge >= 0.3 is 0 Å². The van der Waals surface area contributed by atoms with E-state index in [-0.39, 0.29) is 11.9 Å². The smallest absolute Gasteiger partial charge is 0.252 e. The van der Waals surface area contributed by atoms with Crippen LogP contribution in [0.15, 0.2) is 35.7 Å². The normalized spacial score (nSPS) is 12.3. The van der Waals surface area contributed by atoms with E-state index in [2.05, 4.69) is 22.2 Å². The predicted octanol–water partition coefficient (Wildman–Crippen LogP) is 4.19. The summed E-state index contributed by atoms with van der Waals surface area (Å²) in [6.07, 6.45) is 0.806. The monoisotopic (exact) mass is 325 g/mol. The fraction of sp³-hybridized carbons (Fsp3) is 0.278. The molecular weight excluding hydrogens is 306 g/mol. The van der Waals surface area contributed by atoms with Crippen LogP contribution < -0.4 is 5.32 Å². The zero-order valence-corrected chi connectivity index (χ0v) is 14.3. The largest absolute Gasteiger partial charge is 0.343 e. The van der Waals surface area contributed by atoms with Crippen molar-refractivity contribution in [1.82, 2.24) is 15.3 Å². The van der Waals surface area contributed by atoms with Crippen molar-refractivity contribution in [3.63, 3.8) is 0 Å². The van der Waals surface area contributed by atoms with Crippen molar-refractivity contribution in [1.29, 1.82) is 0 Å². The number of fused-ring (bicyclic) bond motifs is 1. The summed E-state index contributed by atoms with van der Waals surface area (Å²) in [4.78, 5) is 21.8.